The summed E-state index contributed by atoms with van der Waals surface area (Å²) in [6.07, 6.45) is 3.30. The molecule has 1 atom stereocenters. The van der Waals surface area contributed by atoms with E-state index in [0.717, 1.165) is 18.5 Å². The summed E-state index contributed by atoms with van der Waals surface area (Å²) in [5.41, 5.74) is 1.58. The summed E-state index contributed by atoms with van der Waals surface area (Å²) < 4.78 is 13.4. The molecule has 0 heterocycles. The van der Waals surface area contributed by atoms with Crippen molar-refractivity contribution in [1.82, 2.24) is 5.32 Å². The van der Waals surface area contributed by atoms with Crippen LogP contribution in [-0.4, -0.2) is 12.1 Å². The molecule has 0 aliphatic carbocycles. The second-order valence-electron chi connectivity index (χ2n) is 8.43. The second kappa shape index (κ2) is 7.40. The lowest BCUT2D eigenvalue weighted by atomic mass is 9.84. The summed E-state index contributed by atoms with van der Waals surface area (Å²) in [6, 6.07) is 7.02. The molecule has 2 heteroatoms. The van der Waals surface area contributed by atoms with E-state index >= 15 is 0 Å². The maximum atomic E-state index is 13.4. The number of nitrogens with one attached hydrogen (secondary N) is 1. The van der Waals surface area contributed by atoms with Crippen LogP contribution in [0.2, 0.25) is 0 Å². The minimum Gasteiger partial charge on any atom is -0.312 e. The van der Waals surface area contributed by atoms with Gasteiger partial charge in [0.15, 0.2) is 0 Å². The molecule has 1 unspecified atom stereocenters. The summed E-state index contributed by atoms with van der Waals surface area (Å²) in [7, 11) is 0. The topological polar surface area (TPSA) is 12.0 Å². The maximum absolute atomic E-state index is 13.4. The minimum atomic E-state index is -0.133. The number of rotatable bonds is 6. The smallest absolute Gasteiger partial charge is 0.123 e. The number of halogens is 1. The second-order valence-corrected chi connectivity index (χ2v) is 8.43. The predicted octanol–water partition coefficient (Wildman–Crippen LogP) is 5.20. The summed E-state index contributed by atoms with van der Waals surface area (Å²) in [4.78, 5) is 0. The van der Waals surface area contributed by atoms with Gasteiger partial charge in [0.2, 0.25) is 0 Å². The minimum absolute atomic E-state index is 0.127. The zero-order valence-electron chi connectivity index (χ0n) is 14.6. The van der Waals surface area contributed by atoms with E-state index in [-0.39, 0.29) is 11.4 Å². The molecular formula is C19H32FN. The van der Waals surface area contributed by atoms with Crippen molar-refractivity contribution in [2.24, 2.45) is 11.3 Å². The lowest BCUT2D eigenvalue weighted by Crippen LogP contribution is -2.39. The van der Waals surface area contributed by atoms with E-state index in [1.54, 1.807) is 6.07 Å². The van der Waals surface area contributed by atoms with Gasteiger partial charge in [0.05, 0.1) is 0 Å². The third kappa shape index (κ3) is 8.87. The molecule has 1 aromatic rings. The van der Waals surface area contributed by atoms with E-state index in [4.69, 9.17) is 0 Å². The van der Waals surface area contributed by atoms with Gasteiger partial charge in [-0.05, 0) is 75.6 Å². The number of hydrogen-bond donors (Lipinski definition) is 1. The van der Waals surface area contributed by atoms with Gasteiger partial charge in [0.25, 0.3) is 0 Å². The van der Waals surface area contributed by atoms with Crippen LogP contribution in [0.15, 0.2) is 24.3 Å². The first kappa shape index (κ1) is 18.2. The van der Waals surface area contributed by atoms with Crippen molar-refractivity contribution < 1.29 is 4.39 Å². The first-order valence-corrected chi connectivity index (χ1v) is 8.05. The van der Waals surface area contributed by atoms with Gasteiger partial charge >= 0.3 is 0 Å². The molecule has 0 spiro atoms. The molecule has 0 bridgehead atoms. The van der Waals surface area contributed by atoms with Crippen LogP contribution < -0.4 is 5.32 Å². The molecular weight excluding hydrogens is 261 g/mol. The van der Waals surface area contributed by atoms with Crippen molar-refractivity contribution in [1.29, 1.82) is 0 Å². The molecule has 0 aliphatic heterocycles. The van der Waals surface area contributed by atoms with E-state index in [2.05, 4.69) is 46.9 Å². The fourth-order valence-electron chi connectivity index (χ4n) is 2.36. The van der Waals surface area contributed by atoms with Crippen molar-refractivity contribution in [3.8, 4) is 0 Å². The highest BCUT2D eigenvalue weighted by Crippen LogP contribution is 2.25. The molecule has 120 valence electrons. The summed E-state index contributed by atoms with van der Waals surface area (Å²) in [5.74, 6) is 0.413. The molecule has 21 heavy (non-hydrogen) atoms. The fourth-order valence-corrected chi connectivity index (χ4v) is 2.36. The Bertz CT molecular complexity index is 408. The zero-order valence-corrected chi connectivity index (χ0v) is 14.6. The van der Waals surface area contributed by atoms with Crippen LogP contribution in [-0.2, 0) is 6.42 Å². The average Bonchev–Trinajstić information content (AvgIpc) is 2.30. The Morgan fingerprint density at radius 2 is 1.76 bits per heavy atom. The molecule has 0 saturated carbocycles. The predicted molar refractivity (Wildman–Crippen MR) is 90.0 cm³/mol. The van der Waals surface area contributed by atoms with Crippen molar-refractivity contribution in [3.05, 3.63) is 35.6 Å². The monoisotopic (exact) mass is 293 g/mol. The SMILES string of the molecule is CC(C)(C)CCC(CNC(C)(C)C)Cc1cccc(F)c1. The van der Waals surface area contributed by atoms with Crippen LogP contribution in [0.5, 0.6) is 0 Å². The van der Waals surface area contributed by atoms with Gasteiger partial charge in [-0.25, -0.2) is 4.39 Å². The van der Waals surface area contributed by atoms with Gasteiger partial charge in [0.1, 0.15) is 5.82 Å². The lowest BCUT2D eigenvalue weighted by Gasteiger charge is -2.27. The van der Waals surface area contributed by atoms with E-state index in [1.807, 2.05) is 12.1 Å². The Hall–Kier alpha value is -0.890. The van der Waals surface area contributed by atoms with Gasteiger partial charge in [0, 0.05) is 5.54 Å². The normalized spacial score (nSPS) is 14.2. The molecule has 1 nitrogen and oxygen atoms in total. The molecule has 0 aromatic heterocycles. The van der Waals surface area contributed by atoms with E-state index < -0.39 is 0 Å². The summed E-state index contributed by atoms with van der Waals surface area (Å²) >= 11 is 0. The summed E-state index contributed by atoms with van der Waals surface area (Å²) in [6.45, 7) is 14.4. The number of benzene rings is 1. The first-order valence-electron chi connectivity index (χ1n) is 8.05. The van der Waals surface area contributed by atoms with Gasteiger partial charge in [-0.3, -0.25) is 0 Å². The maximum Gasteiger partial charge on any atom is 0.123 e. The molecule has 0 aliphatic rings. The fraction of sp³-hybridized carbons (Fsp3) is 0.684. The third-order valence-electron chi connectivity index (χ3n) is 3.64. The summed E-state index contributed by atoms with van der Waals surface area (Å²) in [5, 5.41) is 3.60. The van der Waals surface area contributed by atoms with Gasteiger partial charge in [-0.1, -0.05) is 32.9 Å². The van der Waals surface area contributed by atoms with E-state index in [9.17, 15) is 4.39 Å². The Kier molecular flexibility index (Phi) is 6.40. The molecule has 1 N–H and O–H groups in total. The molecule has 0 fully saturated rings. The molecule has 1 aromatic carbocycles. The highest BCUT2D eigenvalue weighted by Gasteiger charge is 2.18. The van der Waals surface area contributed by atoms with Crippen LogP contribution in [0, 0.1) is 17.2 Å². The molecule has 0 saturated heterocycles. The van der Waals surface area contributed by atoms with Crippen molar-refractivity contribution >= 4 is 0 Å². The highest BCUT2D eigenvalue weighted by atomic mass is 19.1. The van der Waals surface area contributed by atoms with Gasteiger partial charge in [-0.2, -0.15) is 0 Å². The van der Waals surface area contributed by atoms with Crippen LogP contribution in [0.4, 0.5) is 4.39 Å². The quantitative estimate of drug-likeness (QED) is 0.760. The molecule has 1 rings (SSSR count). The van der Waals surface area contributed by atoms with Crippen molar-refractivity contribution in [2.75, 3.05) is 6.54 Å². The highest BCUT2D eigenvalue weighted by molar-refractivity contribution is 5.17. The molecule has 0 amide bonds. The van der Waals surface area contributed by atoms with Gasteiger partial charge in [-0.15, -0.1) is 0 Å². The van der Waals surface area contributed by atoms with E-state index in [1.165, 1.54) is 18.9 Å². The lowest BCUT2D eigenvalue weighted by molar-refractivity contribution is 0.295. The third-order valence-corrected chi connectivity index (χ3v) is 3.64. The average molecular weight is 293 g/mol. The van der Waals surface area contributed by atoms with Gasteiger partial charge < -0.3 is 5.32 Å². The van der Waals surface area contributed by atoms with Crippen LogP contribution >= 0.6 is 0 Å². The van der Waals surface area contributed by atoms with Crippen LogP contribution in [0.25, 0.3) is 0 Å². The van der Waals surface area contributed by atoms with Crippen LogP contribution in [0.1, 0.15) is 59.9 Å². The number of hydrogen-bond acceptors (Lipinski definition) is 1. The Balaban J connectivity index is 2.66. The largest absolute Gasteiger partial charge is 0.312 e. The standard InChI is InChI=1S/C19H32FN/c1-18(2,3)11-10-16(14-21-19(4,5)6)12-15-8-7-9-17(20)13-15/h7-9,13,16,21H,10-12,14H2,1-6H3. The van der Waals surface area contributed by atoms with Crippen molar-refractivity contribution in [2.45, 2.75) is 66.3 Å². The van der Waals surface area contributed by atoms with Crippen LogP contribution in [0.3, 0.4) is 0 Å². The van der Waals surface area contributed by atoms with E-state index in [0.29, 0.717) is 11.3 Å². The Morgan fingerprint density at radius 3 is 2.29 bits per heavy atom. The Labute approximate surface area is 130 Å². The first-order chi connectivity index (χ1) is 9.55. The zero-order chi connectivity index (χ0) is 16.1. The molecule has 0 radical (unpaired) electrons. The Morgan fingerprint density at radius 1 is 1.10 bits per heavy atom. The van der Waals surface area contributed by atoms with Crippen molar-refractivity contribution in [3.63, 3.8) is 0 Å².